The van der Waals surface area contributed by atoms with Crippen molar-refractivity contribution in [1.29, 1.82) is 0 Å². The van der Waals surface area contributed by atoms with E-state index < -0.39 is 0 Å². The van der Waals surface area contributed by atoms with E-state index in [2.05, 4.69) is 15.9 Å². The molecule has 3 aromatic rings. The monoisotopic (exact) mass is 464 g/mol. The minimum atomic E-state index is -0.255. The fourth-order valence-electron chi connectivity index (χ4n) is 3.56. The standard InChI is InChI=1S/C24H21BrN2O3/c1-29-19-13-9-17(10-14-19)24(28)27-22(20-5-3-4-6-23(20)30-2)15-21(26-27)16-7-11-18(25)12-8-16/h3-14,22H,15H2,1-2H3/t22-/m0/s1. The highest BCUT2D eigenvalue weighted by Gasteiger charge is 2.35. The van der Waals surface area contributed by atoms with Crippen molar-refractivity contribution in [2.75, 3.05) is 14.2 Å². The lowest BCUT2D eigenvalue weighted by atomic mass is 9.97. The quantitative estimate of drug-likeness (QED) is 0.503. The van der Waals surface area contributed by atoms with E-state index in [9.17, 15) is 4.79 Å². The van der Waals surface area contributed by atoms with Crippen LogP contribution in [0.25, 0.3) is 0 Å². The Balaban J connectivity index is 1.74. The molecule has 0 saturated heterocycles. The van der Waals surface area contributed by atoms with Crippen LogP contribution in [0.5, 0.6) is 11.5 Å². The summed E-state index contributed by atoms with van der Waals surface area (Å²) >= 11 is 3.47. The zero-order chi connectivity index (χ0) is 21.1. The van der Waals surface area contributed by atoms with E-state index >= 15 is 0 Å². The number of carbonyl (C=O) groups is 1. The van der Waals surface area contributed by atoms with Gasteiger partial charge in [-0.15, -0.1) is 0 Å². The van der Waals surface area contributed by atoms with Crippen LogP contribution in [0.3, 0.4) is 0 Å². The number of carbonyl (C=O) groups excluding carboxylic acids is 1. The summed E-state index contributed by atoms with van der Waals surface area (Å²) in [5.74, 6) is 1.27. The number of para-hydroxylation sites is 1. The highest BCUT2D eigenvalue weighted by molar-refractivity contribution is 9.10. The van der Waals surface area contributed by atoms with Gasteiger partial charge in [0.15, 0.2) is 0 Å². The van der Waals surface area contributed by atoms with Crippen molar-refractivity contribution < 1.29 is 14.3 Å². The first-order valence-corrected chi connectivity index (χ1v) is 10.3. The van der Waals surface area contributed by atoms with Crippen LogP contribution >= 0.6 is 15.9 Å². The second-order valence-corrected chi connectivity index (χ2v) is 7.81. The van der Waals surface area contributed by atoms with Gasteiger partial charge in [-0.05, 0) is 48.0 Å². The van der Waals surface area contributed by atoms with Crippen LogP contribution in [0.1, 0.15) is 33.9 Å². The molecule has 30 heavy (non-hydrogen) atoms. The molecule has 152 valence electrons. The highest BCUT2D eigenvalue weighted by Crippen LogP contribution is 2.38. The van der Waals surface area contributed by atoms with Crippen molar-refractivity contribution in [3.05, 3.63) is 94.0 Å². The molecule has 1 heterocycles. The molecule has 0 fully saturated rings. The molecular weight excluding hydrogens is 444 g/mol. The van der Waals surface area contributed by atoms with Crippen molar-refractivity contribution in [2.24, 2.45) is 5.10 Å². The summed E-state index contributed by atoms with van der Waals surface area (Å²) in [4.78, 5) is 13.4. The minimum absolute atomic E-state index is 0.166. The third-order valence-corrected chi connectivity index (χ3v) is 5.66. The molecule has 0 aromatic heterocycles. The van der Waals surface area contributed by atoms with E-state index in [0.717, 1.165) is 27.1 Å². The zero-order valence-corrected chi connectivity index (χ0v) is 18.3. The van der Waals surface area contributed by atoms with Crippen LogP contribution in [-0.4, -0.2) is 30.8 Å². The predicted octanol–water partition coefficient (Wildman–Crippen LogP) is 5.46. The highest BCUT2D eigenvalue weighted by atomic mass is 79.9. The largest absolute Gasteiger partial charge is 0.497 e. The molecule has 0 saturated carbocycles. The van der Waals surface area contributed by atoms with Crippen molar-refractivity contribution >= 4 is 27.5 Å². The first-order valence-electron chi connectivity index (χ1n) is 9.54. The van der Waals surface area contributed by atoms with Gasteiger partial charge >= 0.3 is 0 Å². The molecular formula is C24H21BrN2O3. The Morgan fingerprint density at radius 2 is 1.67 bits per heavy atom. The van der Waals surface area contributed by atoms with E-state index in [1.807, 2.05) is 48.5 Å². The van der Waals surface area contributed by atoms with Gasteiger partial charge in [0.1, 0.15) is 11.5 Å². The maximum Gasteiger partial charge on any atom is 0.274 e. The van der Waals surface area contributed by atoms with Gasteiger partial charge in [-0.3, -0.25) is 4.79 Å². The number of hydrogen-bond donors (Lipinski definition) is 0. The summed E-state index contributed by atoms with van der Waals surface area (Å²) in [6, 6.07) is 22.5. The fourth-order valence-corrected chi connectivity index (χ4v) is 3.83. The molecule has 1 amide bonds. The molecule has 0 bridgehead atoms. The average Bonchev–Trinajstić information content (AvgIpc) is 3.24. The molecule has 0 spiro atoms. The Bertz CT molecular complexity index is 1080. The van der Waals surface area contributed by atoms with E-state index in [1.165, 1.54) is 0 Å². The van der Waals surface area contributed by atoms with Crippen LogP contribution in [0, 0.1) is 0 Å². The fraction of sp³-hybridized carbons (Fsp3) is 0.167. The maximum absolute atomic E-state index is 13.4. The summed E-state index contributed by atoms with van der Waals surface area (Å²) in [6.07, 6.45) is 0.601. The van der Waals surface area contributed by atoms with Crippen LogP contribution in [-0.2, 0) is 0 Å². The molecule has 6 heteroatoms. The second kappa shape index (κ2) is 8.71. The van der Waals surface area contributed by atoms with E-state index in [1.54, 1.807) is 43.5 Å². The first-order chi connectivity index (χ1) is 14.6. The molecule has 0 N–H and O–H groups in total. The Hall–Kier alpha value is -3.12. The van der Waals surface area contributed by atoms with E-state index in [-0.39, 0.29) is 11.9 Å². The lowest BCUT2D eigenvalue weighted by Gasteiger charge is -2.23. The number of ether oxygens (including phenoxy) is 2. The molecule has 1 aliphatic rings. The van der Waals surface area contributed by atoms with Crippen molar-refractivity contribution in [3.63, 3.8) is 0 Å². The van der Waals surface area contributed by atoms with Gasteiger partial charge in [0.05, 0.1) is 26.0 Å². The van der Waals surface area contributed by atoms with Crippen molar-refractivity contribution in [1.82, 2.24) is 5.01 Å². The lowest BCUT2D eigenvalue weighted by Crippen LogP contribution is -2.27. The second-order valence-electron chi connectivity index (χ2n) is 6.89. The zero-order valence-electron chi connectivity index (χ0n) is 16.7. The SMILES string of the molecule is COc1ccc(C(=O)N2N=C(c3ccc(Br)cc3)C[C@H]2c2ccccc2OC)cc1. The minimum Gasteiger partial charge on any atom is -0.497 e. The maximum atomic E-state index is 13.4. The number of hydrazone groups is 1. The number of methoxy groups -OCH3 is 2. The Morgan fingerprint density at radius 3 is 2.33 bits per heavy atom. The van der Waals surface area contributed by atoms with Crippen LogP contribution in [0.4, 0.5) is 0 Å². The van der Waals surface area contributed by atoms with Crippen LogP contribution in [0.2, 0.25) is 0 Å². The number of benzene rings is 3. The van der Waals surface area contributed by atoms with Gasteiger partial charge in [-0.2, -0.15) is 5.10 Å². The first kappa shape index (κ1) is 20.2. The summed E-state index contributed by atoms with van der Waals surface area (Å²) in [5, 5.41) is 6.30. The Labute approximate surface area is 184 Å². The van der Waals surface area contributed by atoms with Crippen molar-refractivity contribution in [2.45, 2.75) is 12.5 Å². The Morgan fingerprint density at radius 1 is 0.967 bits per heavy atom. The number of nitrogens with zero attached hydrogens (tertiary/aromatic N) is 2. The molecule has 1 aliphatic heterocycles. The molecule has 1 atom stereocenters. The average molecular weight is 465 g/mol. The summed E-state index contributed by atoms with van der Waals surface area (Å²) in [7, 11) is 3.24. The summed E-state index contributed by atoms with van der Waals surface area (Å²) < 4.78 is 11.8. The van der Waals surface area contributed by atoms with Gasteiger partial charge in [-0.25, -0.2) is 5.01 Å². The number of rotatable bonds is 5. The molecule has 0 radical (unpaired) electrons. The molecule has 0 aliphatic carbocycles. The number of amides is 1. The molecule has 0 unspecified atom stereocenters. The van der Waals surface area contributed by atoms with Gasteiger partial charge < -0.3 is 9.47 Å². The molecule has 3 aromatic carbocycles. The Kier molecular flexibility index (Phi) is 5.86. The third kappa shape index (κ3) is 3.96. The molecule has 5 nitrogen and oxygen atoms in total. The van der Waals surface area contributed by atoms with E-state index in [0.29, 0.717) is 17.7 Å². The van der Waals surface area contributed by atoms with Gasteiger partial charge in [0, 0.05) is 22.0 Å². The van der Waals surface area contributed by atoms with Crippen LogP contribution in [0.15, 0.2) is 82.4 Å². The van der Waals surface area contributed by atoms with Gasteiger partial charge in [0.2, 0.25) is 0 Å². The third-order valence-electron chi connectivity index (χ3n) is 5.13. The summed E-state index contributed by atoms with van der Waals surface area (Å²) in [5.41, 5.74) is 3.33. The van der Waals surface area contributed by atoms with Gasteiger partial charge in [-0.1, -0.05) is 46.3 Å². The lowest BCUT2D eigenvalue weighted by molar-refractivity contribution is 0.0709. The number of hydrogen-bond acceptors (Lipinski definition) is 4. The van der Waals surface area contributed by atoms with Crippen molar-refractivity contribution in [3.8, 4) is 11.5 Å². The summed E-state index contributed by atoms with van der Waals surface area (Å²) in [6.45, 7) is 0. The van der Waals surface area contributed by atoms with Gasteiger partial charge in [0.25, 0.3) is 5.91 Å². The number of halogens is 1. The van der Waals surface area contributed by atoms with Crippen LogP contribution < -0.4 is 9.47 Å². The smallest absolute Gasteiger partial charge is 0.274 e. The van der Waals surface area contributed by atoms with E-state index in [4.69, 9.17) is 14.6 Å². The molecule has 4 rings (SSSR count). The topological polar surface area (TPSA) is 51.1 Å². The predicted molar refractivity (Wildman–Crippen MR) is 120 cm³/mol. The normalized spacial score (nSPS) is 15.6.